The normalized spacial score (nSPS) is 17.8. The SMILES string of the molecule is CC1Cc2c(c3cccc(Cl)c3n2CCc2ccc(Cl)cc2)CN1C. The number of benzene rings is 2. The molecule has 1 unspecified atom stereocenters. The van der Waals surface area contributed by atoms with Gasteiger partial charge in [-0.25, -0.2) is 0 Å². The van der Waals surface area contributed by atoms with Crippen molar-refractivity contribution in [2.24, 2.45) is 0 Å². The van der Waals surface area contributed by atoms with Gasteiger partial charge in [0.05, 0.1) is 10.5 Å². The Morgan fingerprint density at radius 3 is 2.60 bits per heavy atom. The third-order valence-corrected chi connectivity index (χ3v) is 6.00. The Kier molecular flexibility index (Phi) is 4.53. The number of rotatable bonds is 3. The van der Waals surface area contributed by atoms with E-state index < -0.39 is 0 Å². The molecule has 0 saturated heterocycles. The summed E-state index contributed by atoms with van der Waals surface area (Å²) in [6.07, 6.45) is 2.04. The van der Waals surface area contributed by atoms with Gasteiger partial charge in [0.15, 0.2) is 0 Å². The van der Waals surface area contributed by atoms with Gasteiger partial charge in [-0.15, -0.1) is 0 Å². The van der Waals surface area contributed by atoms with E-state index in [4.69, 9.17) is 23.2 Å². The second-order valence-electron chi connectivity index (χ2n) is 7.06. The molecule has 0 spiro atoms. The van der Waals surface area contributed by atoms with Gasteiger partial charge in [0.25, 0.3) is 0 Å². The molecule has 3 aromatic rings. The zero-order valence-corrected chi connectivity index (χ0v) is 16.1. The van der Waals surface area contributed by atoms with Gasteiger partial charge in [0, 0.05) is 41.7 Å². The fraction of sp³-hybridized carbons (Fsp3) is 0.333. The van der Waals surface area contributed by atoms with Crippen LogP contribution in [0.1, 0.15) is 23.7 Å². The van der Waals surface area contributed by atoms with E-state index in [1.165, 1.54) is 27.7 Å². The Hall–Kier alpha value is -1.48. The Morgan fingerprint density at radius 2 is 1.84 bits per heavy atom. The Labute approximate surface area is 159 Å². The average molecular weight is 373 g/mol. The molecule has 1 aliphatic rings. The van der Waals surface area contributed by atoms with E-state index >= 15 is 0 Å². The lowest BCUT2D eigenvalue weighted by atomic mass is 10.00. The van der Waals surface area contributed by atoms with Crippen LogP contribution in [0.2, 0.25) is 10.0 Å². The van der Waals surface area contributed by atoms with Crippen molar-refractivity contribution in [2.75, 3.05) is 7.05 Å². The molecule has 0 saturated carbocycles. The van der Waals surface area contributed by atoms with E-state index in [-0.39, 0.29) is 0 Å². The van der Waals surface area contributed by atoms with Crippen LogP contribution in [-0.4, -0.2) is 22.6 Å². The molecule has 0 bridgehead atoms. The highest BCUT2D eigenvalue weighted by molar-refractivity contribution is 6.35. The molecule has 2 nitrogen and oxygen atoms in total. The highest BCUT2D eigenvalue weighted by Gasteiger charge is 2.27. The highest BCUT2D eigenvalue weighted by atomic mass is 35.5. The van der Waals surface area contributed by atoms with Crippen LogP contribution >= 0.6 is 23.2 Å². The number of aromatic nitrogens is 1. The minimum atomic E-state index is 0.546. The monoisotopic (exact) mass is 372 g/mol. The summed E-state index contributed by atoms with van der Waals surface area (Å²) in [6, 6.07) is 15.0. The lowest BCUT2D eigenvalue weighted by molar-refractivity contribution is 0.228. The smallest absolute Gasteiger partial charge is 0.0675 e. The van der Waals surface area contributed by atoms with Crippen molar-refractivity contribution in [1.29, 1.82) is 0 Å². The number of halogens is 2. The van der Waals surface area contributed by atoms with Crippen LogP contribution in [0.4, 0.5) is 0 Å². The summed E-state index contributed by atoms with van der Waals surface area (Å²) in [5, 5.41) is 2.93. The van der Waals surface area contributed by atoms with Gasteiger partial charge in [-0.1, -0.05) is 47.5 Å². The first kappa shape index (κ1) is 17.0. The van der Waals surface area contributed by atoms with Crippen LogP contribution < -0.4 is 0 Å². The molecule has 0 amide bonds. The molecule has 0 N–H and O–H groups in total. The van der Waals surface area contributed by atoms with Crippen LogP contribution in [0, 0.1) is 0 Å². The van der Waals surface area contributed by atoms with Crippen molar-refractivity contribution >= 4 is 34.1 Å². The van der Waals surface area contributed by atoms with Crippen LogP contribution in [0.3, 0.4) is 0 Å². The number of hydrogen-bond donors (Lipinski definition) is 0. The molecular weight excluding hydrogens is 351 g/mol. The summed E-state index contributed by atoms with van der Waals surface area (Å²) in [6.45, 7) is 4.22. The maximum absolute atomic E-state index is 6.61. The van der Waals surface area contributed by atoms with Gasteiger partial charge in [-0.05, 0) is 49.7 Å². The predicted octanol–water partition coefficient (Wildman–Crippen LogP) is 5.57. The molecule has 0 aliphatic carbocycles. The van der Waals surface area contributed by atoms with Crippen molar-refractivity contribution < 1.29 is 0 Å². The van der Waals surface area contributed by atoms with Crippen molar-refractivity contribution in [1.82, 2.24) is 9.47 Å². The van der Waals surface area contributed by atoms with Crippen molar-refractivity contribution in [3.8, 4) is 0 Å². The van der Waals surface area contributed by atoms with Gasteiger partial charge in [0.2, 0.25) is 0 Å². The quantitative estimate of drug-likeness (QED) is 0.583. The first-order chi connectivity index (χ1) is 12.0. The van der Waals surface area contributed by atoms with E-state index in [0.29, 0.717) is 6.04 Å². The van der Waals surface area contributed by atoms with Gasteiger partial charge < -0.3 is 4.57 Å². The molecule has 1 aliphatic heterocycles. The molecule has 2 heterocycles. The molecule has 4 rings (SSSR count). The van der Waals surface area contributed by atoms with Crippen molar-refractivity contribution in [2.45, 2.75) is 38.9 Å². The second-order valence-corrected chi connectivity index (χ2v) is 7.90. The number of likely N-dealkylation sites (N-methyl/N-ethyl adjacent to an activating group) is 1. The summed E-state index contributed by atoms with van der Waals surface area (Å²) >= 11 is 12.6. The summed E-state index contributed by atoms with van der Waals surface area (Å²) < 4.78 is 2.45. The van der Waals surface area contributed by atoms with E-state index in [1.807, 2.05) is 18.2 Å². The van der Waals surface area contributed by atoms with Crippen LogP contribution in [0.15, 0.2) is 42.5 Å². The number of nitrogens with zero attached hydrogens (tertiary/aromatic N) is 2. The summed E-state index contributed by atoms with van der Waals surface area (Å²) in [5.41, 5.74) is 5.37. The maximum Gasteiger partial charge on any atom is 0.0675 e. The van der Waals surface area contributed by atoms with E-state index in [2.05, 4.69) is 47.7 Å². The standard InChI is InChI=1S/C21H22Cl2N2/c1-14-12-20-18(13-24(14)2)17-4-3-5-19(23)21(17)25(20)11-10-15-6-8-16(22)9-7-15/h3-9,14H,10-13H2,1-2H3. The minimum Gasteiger partial charge on any atom is -0.343 e. The number of aryl methyl sites for hydroxylation is 2. The molecule has 25 heavy (non-hydrogen) atoms. The van der Waals surface area contributed by atoms with Crippen LogP contribution in [-0.2, 0) is 25.9 Å². The molecule has 0 radical (unpaired) electrons. The maximum atomic E-state index is 6.61. The van der Waals surface area contributed by atoms with Crippen molar-refractivity contribution in [3.63, 3.8) is 0 Å². The van der Waals surface area contributed by atoms with Crippen LogP contribution in [0.25, 0.3) is 10.9 Å². The first-order valence-corrected chi connectivity index (χ1v) is 9.53. The third-order valence-electron chi connectivity index (χ3n) is 5.44. The zero-order chi connectivity index (χ0) is 17.6. The average Bonchev–Trinajstić information content (AvgIpc) is 2.89. The third kappa shape index (κ3) is 3.08. The molecule has 1 atom stereocenters. The minimum absolute atomic E-state index is 0.546. The fourth-order valence-electron chi connectivity index (χ4n) is 3.88. The summed E-state index contributed by atoms with van der Waals surface area (Å²) in [4.78, 5) is 2.42. The zero-order valence-electron chi connectivity index (χ0n) is 14.6. The molecule has 2 aromatic carbocycles. The first-order valence-electron chi connectivity index (χ1n) is 8.77. The predicted molar refractivity (Wildman–Crippen MR) is 107 cm³/mol. The molecule has 4 heteroatoms. The van der Waals surface area contributed by atoms with Crippen molar-refractivity contribution in [3.05, 3.63) is 69.3 Å². The largest absolute Gasteiger partial charge is 0.343 e. The van der Waals surface area contributed by atoms with Gasteiger partial charge in [-0.2, -0.15) is 0 Å². The molecule has 0 fully saturated rings. The number of hydrogen-bond acceptors (Lipinski definition) is 1. The lowest BCUT2D eigenvalue weighted by Gasteiger charge is -2.31. The summed E-state index contributed by atoms with van der Waals surface area (Å²) in [7, 11) is 2.20. The molecule has 130 valence electrons. The second kappa shape index (κ2) is 6.68. The Balaban J connectivity index is 1.77. The fourth-order valence-corrected chi connectivity index (χ4v) is 4.28. The summed E-state index contributed by atoms with van der Waals surface area (Å²) in [5.74, 6) is 0. The van der Waals surface area contributed by atoms with Gasteiger partial charge in [-0.3, -0.25) is 4.90 Å². The Morgan fingerprint density at radius 1 is 1.08 bits per heavy atom. The molecule has 1 aromatic heterocycles. The highest BCUT2D eigenvalue weighted by Crippen LogP contribution is 2.36. The molecular formula is C21H22Cl2N2. The van der Waals surface area contributed by atoms with Gasteiger partial charge >= 0.3 is 0 Å². The van der Waals surface area contributed by atoms with Gasteiger partial charge in [0.1, 0.15) is 0 Å². The number of para-hydroxylation sites is 1. The van der Waals surface area contributed by atoms with E-state index in [1.54, 1.807) is 0 Å². The van der Waals surface area contributed by atoms with Crippen LogP contribution in [0.5, 0.6) is 0 Å². The lowest BCUT2D eigenvalue weighted by Crippen LogP contribution is -2.35. The Bertz CT molecular complexity index is 912. The van der Waals surface area contributed by atoms with E-state index in [0.717, 1.165) is 36.0 Å². The number of fused-ring (bicyclic) bond motifs is 3. The van der Waals surface area contributed by atoms with E-state index in [9.17, 15) is 0 Å². The topological polar surface area (TPSA) is 8.17 Å².